The Labute approximate surface area is 100 Å². The molecule has 96 valence electrons. The van der Waals surface area contributed by atoms with Gasteiger partial charge in [-0.15, -0.1) is 0 Å². The zero-order chi connectivity index (χ0) is 12.9. The minimum atomic E-state index is -0.111. The summed E-state index contributed by atoms with van der Waals surface area (Å²) in [5, 5.41) is 3.01. The highest BCUT2D eigenvalue weighted by molar-refractivity contribution is 5.78. The molecule has 3 nitrogen and oxygen atoms in total. The Morgan fingerprint density at radius 2 is 1.50 bits per heavy atom. The van der Waals surface area contributed by atoms with Gasteiger partial charge in [-0.1, -0.05) is 34.6 Å². The molecule has 16 heavy (non-hydrogen) atoms. The molecule has 3 N–H and O–H groups in total. The van der Waals surface area contributed by atoms with Gasteiger partial charge in [-0.3, -0.25) is 4.79 Å². The molecular formula is C13H28N2O. The molecule has 0 fully saturated rings. The van der Waals surface area contributed by atoms with E-state index in [0.29, 0.717) is 17.8 Å². The molecule has 0 bridgehead atoms. The van der Waals surface area contributed by atoms with E-state index in [0.717, 1.165) is 6.54 Å². The van der Waals surface area contributed by atoms with Crippen LogP contribution in [0.15, 0.2) is 0 Å². The zero-order valence-electron chi connectivity index (χ0n) is 11.6. The Morgan fingerprint density at radius 1 is 1.06 bits per heavy atom. The fourth-order valence-electron chi connectivity index (χ4n) is 1.86. The van der Waals surface area contributed by atoms with Gasteiger partial charge in [0.1, 0.15) is 0 Å². The summed E-state index contributed by atoms with van der Waals surface area (Å²) in [6.45, 7) is 13.3. The maximum absolute atomic E-state index is 11.7. The third kappa shape index (κ3) is 4.97. The molecule has 0 saturated carbocycles. The van der Waals surface area contributed by atoms with Crippen LogP contribution in [0.4, 0.5) is 0 Å². The van der Waals surface area contributed by atoms with Gasteiger partial charge in [0.25, 0.3) is 0 Å². The quantitative estimate of drug-likeness (QED) is 0.730. The minimum absolute atomic E-state index is 0.0706. The maximum atomic E-state index is 11.7. The van der Waals surface area contributed by atoms with Crippen LogP contribution >= 0.6 is 0 Å². The lowest BCUT2D eigenvalue weighted by Crippen LogP contribution is -2.41. The lowest BCUT2D eigenvalue weighted by Gasteiger charge is -2.26. The van der Waals surface area contributed by atoms with E-state index < -0.39 is 0 Å². The average Bonchev–Trinajstić information content (AvgIpc) is 2.15. The van der Waals surface area contributed by atoms with Crippen molar-refractivity contribution in [3.8, 4) is 0 Å². The summed E-state index contributed by atoms with van der Waals surface area (Å²) < 4.78 is 0. The molecule has 0 rings (SSSR count). The van der Waals surface area contributed by atoms with Crippen molar-refractivity contribution in [3.63, 3.8) is 0 Å². The molecule has 2 atom stereocenters. The first-order valence-corrected chi connectivity index (χ1v) is 6.30. The van der Waals surface area contributed by atoms with Gasteiger partial charge < -0.3 is 11.1 Å². The van der Waals surface area contributed by atoms with Crippen molar-refractivity contribution in [2.45, 2.75) is 47.6 Å². The van der Waals surface area contributed by atoms with E-state index in [1.807, 2.05) is 13.8 Å². The second-order valence-electron chi connectivity index (χ2n) is 5.54. The normalized spacial score (nSPS) is 15.6. The fourth-order valence-corrected chi connectivity index (χ4v) is 1.86. The Hall–Kier alpha value is -0.570. The molecular weight excluding hydrogens is 200 g/mol. The van der Waals surface area contributed by atoms with Crippen molar-refractivity contribution in [2.75, 3.05) is 6.54 Å². The van der Waals surface area contributed by atoms with E-state index in [9.17, 15) is 4.79 Å². The first-order chi connectivity index (χ1) is 7.27. The van der Waals surface area contributed by atoms with Crippen LogP contribution in [-0.4, -0.2) is 18.5 Å². The zero-order valence-corrected chi connectivity index (χ0v) is 11.6. The van der Waals surface area contributed by atoms with Crippen molar-refractivity contribution in [1.29, 1.82) is 0 Å². The number of carbonyl (C=O) groups is 1. The van der Waals surface area contributed by atoms with E-state index >= 15 is 0 Å². The fraction of sp³-hybridized carbons (Fsp3) is 0.923. The van der Waals surface area contributed by atoms with Gasteiger partial charge in [0, 0.05) is 18.5 Å². The molecule has 3 heteroatoms. The largest absolute Gasteiger partial charge is 0.356 e. The predicted molar refractivity (Wildman–Crippen MR) is 69.0 cm³/mol. The van der Waals surface area contributed by atoms with Crippen LogP contribution in [0.2, 0.25) is 0 Å². The Morgan fingerprint density at radius 3 is 1.81 bits per heavy atom. The van der Waals surface area contributed by atoms with Gasteiger partial charge in [-0.25, -0.2) is 0 Å². The highest BCUT2D eigenvalue weighted by Crippen LogP contribution is 2.19. The average molecular weight is 228 g/mol. The molecule has 0 aromatic heterocycles. The van der Waals surface area contributed by atoms with Gasteiger partial charge in [-0.05, 0) is 24.7 Å². The Kier molecular flexibility index (Phi) is 6.65. The van der Waals surface area contributed by atoms with Crippen LogP contribution in [0.25, 0.3) is 0 Å². The first kappa shape index (κ1) is 15.4. The molecule has 0 aliphatic rings. The monoisotopic (exact) mass is 228 g/mol. The van der Waals surface area contributed by atoms with Gasteiger partial charge >= 0.3 is 0 Å². The summed E-state index contributed by atoms with van der Waals surface area (Å²) in [6, 6.07) is -0.0865. The van der Waals surface area contributed by atoms with Gasteiger partial charge in [0.2, 0.25) is 5.91 Å². The standard InChI is InChI=1S/C13H28N2O/c1-8(2)12(9(3)4)7-15-13(16)10(5)11(6)14/h8-12H,7,14H2,1-6H3,(H,15,16). The number of nitrogens with one attached hydrogen (secondary N) is 1. The summed E-state index contributed by atoms with van der Waals surface area (Å²) in [5.41, 5.74) is 5.70. The van der Waals surface area contributed by atoms with Gasteiger partial charge in [-0.2, -0.15) is 0 Å². The molecule has 0 aromatic carbocycles. The summed E-state index contributed by atoms with van der Waals surface area (Å²) in [6.07, 6.45) is 0. The lowest BCUT2D eigenvalue weighted by atomic mass is 9.85. The van der Waals surface area contributed by atoms with E-state index in [4.69, 9.17) is 5.73 Å². The maximum Gasteiger partial charge on any atom is 0.224 e. The summed E-state index contributed by atoms with van der Waals surface area (Å²) in [7, 11) is 0. The molecule has 1 amide bonds. The predicted octanol–water partition coefficient (Wildman–Crippen LogP) is 2.01. The molecule has 0 saturated heterocycles. The highest BCUT2D eigenvalue weighted by Gasteiger charge is 2.21. The van der Waals surface area contributed by atoms with Crippen molar-refractivity contribution < 1.29 is 4.79 Å². The lowest BCUT2D eigenvalue weighted by molar-refractivity contribution is -0.125. The summed E-state index contributed by atoms with van der Waals surface area (Å²) in [4.78, 5) is 11.7. The molecule has 0 aromatic rings. The SMILES string of the molecule is CC(C)C(CNC(=O)C(C)C(C)N)C(C)C. The van der Waals surface area contributed by atoms with Crippen LogP contribution < -0.4 is 11.1 Å². The van der Waals surface area contributed by atoms with Crippen LogP contribution in [0.5, 0.6) is 0 Å². The minimum Gasteiger partial charge on any atom is -0.356 e. The Balaban J connectivity index is 4.16. The number of hydrogen-bond acceptors (Lipinski definition) is 2. The smallest absolute Gasteiger partial charge is 0.224 e. The van der Waals surface area contributed by atoms with Crippen molar-refractivity contribution >= 4 is 5.91 Å². The summed E-state index contributed by atoms with van der Waals surface area (Å²) >= 11 is 0. The third-order valence-corrected chi connectivity index (χ3v) is 3.43. The van der Waals surface area contributed by atoms with Crippen molar-refractivity contribution in [3.05, 3.63) is 0 Å². The number of nitrogens with two attached hydrogens (primary N) is 1. The third-order valence-electron chi connectivity index (χ3n) is 3.43. The first-order valence-electron chi connectivity index (χ1n) is 6.30. The van der Waals surface area contributed by atoms with Crippen LogP contribution in [-0.2, 0) is 4.79 Å². The number of hydrogen-bond donors (Lipinski definition) is 2. The topological polar surface area (TPSA) is 55.1 Å². The van der Waals surface area contributed by atoms with Crippen molar-refractivity contribution in [1.82, 2.24) is 5.32 Å². The molecule has 0 aliphatic heterocycles. The van der Waals surface area contributed by atoms with E-state index in [-0.39, 0.29) is 17.9 Å². The highest BCUT2D eigenvalue weighted by atomic mass is 16.1. The van der Waals surface area contributed by atoms with Crippen LogP contribution in [0, 0.1) is 23.7 Å². The number of carbonyl (C=O) groups excluding carboxylic acids is 1. The van der Waals surface area contributed by atoms with Crippen LogP contribution in [0.1, 0.15) is 41.5 Å². The summed E-state index contributed by atoms with van der Waals surface area (Å²) in [5.74, 6) is 1.67. The van der Waals surface area contributed by atoms with E-state index in [1.165, 1.54) is 0 Å². The number of rotatable bonds is 6. The van der Waals surface area contributed by atoms with Crippen LogP contribution in [0.3, 0.4) is 0 Å². The second-order valence-corrected chi connectivity index (χ2v) is 5.54. The van der Waals surface area contributed by atoms with E-state index in [1.54, 1.807) is 0 Å². The van der Waals surface area contributed by atoms with Gasteiger partial charge in [0.05, 0.1) is 0 Å². The molecule has 0 aliphatic carbocycles. The second kappa shape index (κ2) is 6.89. The number of amides is 1. The molecule has 2 unspecified atom stereocenters. The Bertz CT molecular complexity index is 204. The van der Waals surface area contributed by atoms with Crippen molar-refractivity contribution in [2.24, 2.45) is 29.4 Å². The molecule has 0 radical (unpaired) electrons. The van der Waals surface area contributed by atoms with E-state index in [2.05, 4.69) is 33.0 Å². The molecule has 0 heterocycles. The van der Waals surface area contributed by atoms with Gasteiger partial charge in [0.15, 0.2) is 0 Å². The molecule has 0 spiro atoms.